The Morgan fingerprint density at radius 1 is 0.667 bits per heavy atom. The number of nitrogen functional groups attached to an aromatic ring is 1. The highest BCUT2D eigenvalue weighted by Crippen LogP contribution is 2.17. The third-order valence-corrected chi connectivity index (χ3v) is 4.77. The summed E-state index contributed by atoms with van der Waals surface area (Å²) in [7, 11) is 0. The van der Waals surface area contributed by atoms with Crippen LogP contribution < -0.4 is 5.73 Å². The Kier molecular flexibility index (Phi) is 4.84. The van der Waals surface area contributed by atoms with Crippen molar-refractivity contribution in [3.63, 3.8) is 0 Å². The smallest absolute Gasteiger partial charge is 0.0907 e. The minimum Gasteiger partial charge on any atom is -0.398 e. The maximum Gasteiger partial charge on any atom is 0.0907 e. The molecular formula is C18H16IN5. The fourth-order valence-electron chi connectivity index (χ4n) is 2.22. The number of rotatable bonds is 0. The summed E-state index contributed by atoms with van der Waals surface area (Å²) in [5.74, 6) is 0. The van der Waals surface area contributed by atoms with E-state index in [0.717, 1.165) is 33.3 Å². The Morgan fingerprint density at radius 3 is 1.62 bits per heavy atom. The van der Waals surface area contributed by atoms with Gasteiger partial charge in [0.2, 0.25) is 0 Å². The normalized spacial score (nSPS) is 10.5. The average Bonchev–Trinajstić information content (AvgIpc) is 2.57. The Morgan fingerprint density at radius 2 is 1.08 bits per heavy atom. The largest absolute Gasteiger partial charge is 0.398 e. The molecule has 5 nitrogen and oxygen atoms in total. The first-order chi connectivity index (χ1) is 11.5. The predicted octanol–water partition coefficient (Wildman–Crippen LogP) is 4.06. The summed E-state index contributed by atoms with van der Waals surface area (Å²) in [5, 5.41) is 0. The lowest BCUT2D eigenvalue weighted by molar-refractivity contribution is 1.28. The molecule has 24 heavy (non-hydrogen) atoms. The number of anilines is 1. The van der Waals surface area contributed by atoms with Crippen molar-refractivity contribution in [3.05, 3.63) is 63.7 Å². The molecule has 0 bridgehead atoms. The van der Waals surface area contributed by atoms with Crippen molar-refractivity contribution in [3.8, 4) is 0 Å². The first-order valence-electron chi connectivity index (χ1n) is 7.38. The number of halogens is 1. The molecule has 2 aromatic carbocycles. The highest BCUT2D eigenvalue weighted by molar-refractivity contribution is 14.1. The summed E-state index contributed by atoms with van der Waals surface area (Å²) in [6.07, 6.45) is 6.78. The van der Waals surface area contributed by atoms with E-state index in [2.05, 4.69) is 61.6 Å². The van der Waals surface area contributed by atoms with Crippen LogP contribution in [0.2, 0.25) is 0 Å². The molecule has 0 aliphatic carbocycles. The lowest BCUT2D eigenvalue weighted by Gasteiger charge is -2.00. The average molecular weight is 429 g/mol. The van der Waals surface area contributed by atoms with Gasteiger partial charge < -0.3 is 5.73 Å². The lowest BCUT2D eigenvalue weighted by atomic mass is 10.2. The van der Waals surface area contributed by atoms with Crippen molar-refractivity contribution in [2.45, 2.75) is 13.8 Å². The van der Waals surface area contributed by atoms with Gasteiger partial charge in [0.25, 0.3) is 0 Å². The van der Waals surface area contributed by atoms with E-state index in [1.54, 1.807) is 24.8 Å². The van der Waals surface area contributed by atoms with E-state index in [9.17, 15) is 0 Å². The second-order valence-electron chi connectivity index (χ2n) is 5.40. The summed E-state index contributed by atoms with van der Waals surface area (Å²) >= 11 is 2.30. The molecule has 2 heterocycles. The fraction of sp³-hybridized carbons (Fsp3) is 0.111. The van der Waals surface area contributed by atoms with Gasteiger partial charge in [0.05, 0.1) is 22.1 Å². The van der Waals surface area contributed by atoms with Gasteiger partial charge in [0, 0.05) is 34.0 Å². The van der Waals surface area contributed by atoms with Gasteiger partial charge in [-0.05, 0) is 71.8 Å². The third kappa shape index (κ3) is 3.59. The summed E-state index contributed by atoms with van der Waals surface area (Å²) in [6, 6.07) is 7.90. The van der Waals surface area contributed by atoms with Gasteiger partial charge in [0.15, 0.2) is 0 Å². The van der Waals surface area contributed by atoms with Crippen molar-refractivity contribution in [1.29, 1.82) is 0 Å². The van der Waals surface area contributed by atoms with Crippen LogP contribution in [0.15, 0.2) is 49.1 Å². The molecule has 0 radical (unpaired) electrons. The summed E-state index contributed by atoms with van der Waals surface area (Å²) in [6.45, 7) is 4.04. The first kappa shape index (κ1) is 16.5. The molecule has 2 aromatic heterocycles. The number of hydrogen-bond donors (Lipinski definition) is 1. The molecule has 0 saturated carbocycles. The maximum atomic E-state index is 5.72. The quantitative estimate of drug-likeness (QED) is 0.337. The molecule has 0 atom stereocenters. The fourth-order valence-corrected chi connectivity index (χ4v) is 2.67. The first-order valence-corrected chi connectivity index (χ1v) is 8.46. The van der Waals surface area contributed by atoms with Crippen LogP contribution in [0, 0.1) is 17.4 Å². The standard InChI is InChI=1S/C9H7IN2.C9H9N3/c2*1-6-4-8-9(5-7(6)10)12-3-2-11-8/h2-5H,1H3;2-5H,10H2,1H3. The molecule has 4 aromatic rings. The third-order valence-electron chi connectivity index (χ3n) is 3.61. The molecule has 0 unspecified atom stereocenters. The Labute approximate surface area is 153 Å². The number of aromatic nitrogens is 4. The molecule has 0 spiro atoms. The Balaban J connectivity index is 0.000000141. The zero-order valence-corrected chi connectivity index (χ0v) is 15.5. The van der Waals surface area contributed by atoms with Crippen molar-refractivity contribution >= 4 is 50.3 Å². The molecule has 0 aliphatic heterocycles. The van der Waals surface area contributed by atoms with E-state index in [1.165, 1.54) is 9.13 Å². The van der Waals surface area contributed by atoms with Crippen LogP contribution in [-0.4, -0.2) is 19.9 Å². The van der Waals surface area contributed by atoms with E-state index in [-0.39, 0.29) is 0 Å². The zero-order chi connectivity index (χ0) is 17.1. The number of benzene rings is 2. The van der Waals surface area contributed by atoms with Crippen LogP contribution >= 0.6 is 22.6 Å². The van der Waals surface area contributed by atoms with Crippen LogP contribution in [-0.2, 0) is 0 Å². The highest BCUT2D eigenvalue weighted by Gasteiger charge is 1.99. The number of aryl methyl sites for hydroxylation is 2. The molecule has 0 saturated heterocycles. The van der Waals surface area contributed by atoms with Gasteiger partial charge in [-0.25, -0.2) is 0 Å². The van der Waals surface area contributed by atoms with Crippen LogP contribution in [0.5, 0.6) is 0 Å². The second-order valence-corrected chi connectivity index (χ2v) is 6.56. The molecular weight excluding hydrogens is 413 g/mol. The number of nitrogens with zero attached hydrogens (tertiary/aromatic N) is 4. The van der Waals surface area contributed by atoms with Gasteiger partial charge in [0.1, 0.15) is 0 Å². The number of nitrogens with two attached hydrogens (primary N) is 1. The molecule has 6 heteroatoms. The van der Waals surface area contributed by atoms with Gasteiger partial charge in [-0.2, -0.15) is 0 Å². The predicted molar refractivity (Wildman–Crippen MR) is 106 cm³/mol. The molecule has 0 amide bonds. The van der Waals surface area contributed by atoms with Gasteiger partial charge in [-0.1, -0.05) is 0 Å². The molecule has 0 aliphatic rings. The van der Waals surface area contributed by atoms with Crippen molar-refractivity contribution in [2.75, 3.05) is 5.73 Å². The van der Waals surface area contributed by atoms with Crippen LogP contribution in [0.3, 0.4) is 0 Å². The van der Waals surface area contributed by atoms with E-state index >= 15 is 0 Å². The van der Waals surface area contributed by atoms with E-state index < -0.39 is 0 Å². The topological polar surface area (TPSA) is 77.6 Å². The van der Waals surface area contributed by atoms with Crippen molar-refractivity contribution in [2.24, 2.45) is 0 Å². The van der Waals surface area contributed by atoms with E-state index in [1.807, 2.05) is 19.1 Å². The number of hydrogen-bond acceptors (Lipinski definition) is 5. The van der Waals surface area contributed by atoms with Gasteiger partial charge in [-0.3, -0.25) is 19.9 Å². The van der Waals surface area contributed by atoms with Crippen LogP contribution in [0.25, 0.3) is 22.1 Å². The maximum absolute atomic E-state index is 5.72. The van der Waals surface area contributed by atoms with Crippen LogP contribution in [0.4, 0.5) is 5.69 Å². The van der Waals surface area contributed by atoms with E-state index in [0.29, 0.717) is 0 Å². The molecule has 0 fully saturated rings. The highest BCUT2D eigenvalue weighted by atomic mass is 127. The van der Waals surface area contributed by atoms with Crippen LogP contribution in [0.1, 0.15) is 11.1 Å². The molecule has 120 valence electrons. The van der Waals surface area contributed by atoms with Crippen molar-refractivity contribution in [1.82, 2.24) is 19.9 Å². The minimum atomic E-state index is 0.767. The Hall–Kier alpha value is -2.35. The van der Waals surface area contributed by atoms with E-state index in [4.69, 9.17) is 5.73 Å². The minimum absolute atomic E-state index is 0.767. The monoisotopic (exact) mass is 429 g/mol. The summed E-state index contributed by atoms with van der Waals surface area (Å²) in [4.78, 5) is 16.7. The second kappa shape index (κ2) is 7.04. The SMILES string of the molecule is Cc1cc2nccnc2cc1I.Cc1cc2nccnc2cc1N. The lowest BCUT2D eigenvalue weighted by Crippen LogP contribution is -1.91. The summed E-state index contributed by atoms with van der Waals surface area (Å²) in [5.41, 5.74) is 12.5. The zero-order valence-electron chi connectivity index (χ0n) is 13.4. The van der Waals surface area contributed by atoms with Crippen molar-refractivity contribution < 1.29 is 0 Å². The molecule has 4 rings (SSSR count). The van der Waals surface area contributed by atoms with Gasteiger partial charge >= 0.3 is 0 Å². The summed E-state index contributed by atoms with van der Waals surface area (Å²) < 4.78 is 1.24. The molecule has 2 N–H and O–H groups in total. The Bertz CT molecular complexity index is 852. The van der Waals surface area contributed by atoms with Gasteiger partial charge in [-0.15, -0.1) is 0 Å². The number of fused-ring (bicyclic) bond motifs is 2.